The molecule has 0 aromatic heterocycles. The predicted molar refractivity (Wildman–Crippen MR) is 166 cm³/mol. The van der Waals surface area contributed by atoms with E-state index in [4.69, 9.17) is 11.6 Å². The normalized spacial score (nSPS) is 29.8. The number of hydrogen-bond acceptors (Lipinski definition) is 5. The minimum atomic E-state index is -1.36. The number of fused-ring (bicyclic) bond motifs is 4. The van der Waals surface area contributed by atoms with Crippen molar-refractivity contribution in [1.82, 2.24) is 4.90 Å². The summed E-state index contributed by atoms with van der Waals surface area (Å²) < 4.78 is 0. The third-order valence-electron chi connectivity index (χ3n) is 10.0. The summed E-state index contributed by atoms with van der Waals surface area (Å²) in [5.41, 5.74) is 0.551. The van der Waals surface area contributed by atoms with Gasteiger partial charge in [0.15, 0.2) is 0 Å². The summed E-state index contributed by atoms with van der Waals surface area (Å²) >= 11 is 6.35. The van der Waals surface area contributed by atoms with Crippen molar-refractivity contribution in [2.24, 2.45) is 23.7 Å². The highest BCUT2D eigenvalue weighted by molar-refractivity contribution is 6.32. The van der Waals surface area contributed by atoms with Crippen LogP contribution in [-0.2, 0) is 24.6 Å². The molecular weight excluding hydrogens is 576 g/mol. The number of phenolic OH excluding ortho intramolecular Hbond substituents is 1. The van der Waals surface area contributed by atoms with E-state index in [0.29, 0.717) is 28.3 Å². The zero-order valence-electron chi connectivity index (χ0n) is 24.7. The summed E-state index contributed by atoms with van der Waals surface area (Å²) in [4.78, 5) is 60.2. The van der Waals surface area contributed by atoms with Gasteiger partial charge in [-0.3, -0.25) is 24.1 Å². The highest BCUT2D eigenvalue weighted by Gasteiger charge is 2.70. The maximum Gasteiger partial charge on any atom is 0.246 e. The van der Waals surface area contributed by atoms with E-state index in [9.17, 15) is 19.5 Å². The van der Waals surface area contributed by atoms with Gasteiger partial charge in [-0.1, -0.05) is 71.8 Å². The van der Waals surface area contributed by atoms with Crippen LogP contribution in [0.5, 0.6) is 5.75 Å². The maximum atomic E-state index is 15.1. The van der Waals surface area contributed by atoms with Crippen molar-refractivity contribution in [3.63, 3.8) is 0 Å². The summed E-state index contributed by atoms with van der Waals surface area (Å²) in [6, 6.07) is 22.9. The lowest BCUT2D eigenvalue weighted by Gasteiger charge is -2.50. The Hall–Kier alpha value is -4.23. The van der Waals surface area contributed by atoms with E-state index in [-0.39, 0.29) is 35.8 Å². The van der Waals surface area contributed by atoms with Crippen LogP contribution in [0.1, 0.15) is 50.7 Å². The molecule has 7 rings (SSSR count). The maximum absolute atomic E-state index is 15.1. The summed E-state index contributed by atoms with van der Waals surface area (Å²) in [5, 5.41) is 11.1. The van der Waals surface area contributed by atoms with Crippen molar-refractivity contribution in [2.75, 3.05) is 4.90 Å². The molecule has 4 amide bonds. The number of nitrogens with zero attached hydrogens (tertiary/aromatic N) is 2. The highest BCUT2D eigenvalue weighted by Crippen LogP contribution is 2.64. The number of carbonyl (C=O) groups is 4. The number of aromatic hydroxyl groups is 1. The quantitative estimate of drug-likeness (QED) is 0.290. The SMILES string of the molecule is CC(C)(C)N1C(=O)[C@H]2[C@H](CC=C3[C@H]2C[C@H]2C(=O)N(c4cccc(Cl)c4)C(=O)[C@@]2(c2ccccc2)[C@H]3c2cccc(O)c2)C1=O. The molecule has 2 aliphatic heterocycles. The number of rotatable bonds is 3. The Kier molecular flexibility index (Phi) is 6.42. The van der Waals surface area contributed by atoms with Gasteiger partial charge >= 0.3 is 0 Å². The second-order valence-electron chi connectivity index (χ2n) is 13.4. The number of allylic oxidation sites excluding steroid dienone is 2. The molecule has 1 saturated carbocycles. The summed E-state index contributed by atoms with van der Waals surface area (Å²) in [5.74, 6) is -4.24. The van der Waals surface area contributed by atoms with Gasteiger partial charge in [0, 0.05) is 16.5 Å². The van der Waals surface area contributed by atoms with Crippen LogP contribution in [0.25, 0.3) is 0 Å². The van der Waals surface area contributed by atoms with E-state index in [1.807, 2.05) is 63.2 Å². The van der Waals surface area contributed by atoms with Crippen LogP contribution >= 0.6 is 11.6 Å². The van der Waals surface area contributed by atoms with E-state index in [1.54, 1.807) is 42.5 Å². The van der Waals surface area contributed by atoms with Crippen LogP contribution in [-0.4, -0.2) is 39.2 Å². The van der Waals surface area contributed by atoms with Crippen molar-refractivity contribution in [3.8, 4) is 5.75 Å². The number of imide groups is 2. The largest absolute Gasteiger partial charge is 0.508 e. The molecular formula is C36H33ClN2O5. The van der Waals surface area contributed by atoms with E-state index in [2.05, 4.69) is 0 Å². The van der Waals surface area contributed by atoms with Crippen LogP contribution < -0.4 is 4.90 Å². The molecule has 224 valence electrons. The molecule has 3 fully saturated rings. The Labute approximate surface area is 261 Å². The molecule has 4 aliphatic rings. The highest BCUT2D eigenvalue weighted by atomic mass is 35.5. The Morgan fingerprint density at radius 3 is 2.25 bits per heavy atom. The average Bonchev–Trinajstić information content (AvgIpc) is 3.38. The Balaban J connectivity index is 1.49. The summed E-state index contributed by atoms with van der Waals surface area (Å²) in [7, 11) is 0. The van der Waals surface area contributed by atoms with Crippen LogP contribution in [0.15, 0.2) is 90.5 Å². The zero-order valence-corrected chi connectivity index (χ0v) is 25.5. The second kappa shape index (κ2) is 9.89. The first-order valence-corrected chi connectivity index (χ1v) is 15.4. The van der Waals surface area contributed by atoms with E-state index < -0.39 is 40.5 Å². The van der Waals surface area contributed by atoms with Crippen molar-refractivity contribution in [3.05, 3.63) is 107 Å². The zero-order chi connectivity index (χ0) is 31.1. The molecule has 44 heavy (non-hydrogen) atoms. The van der Waals surface area contributed by atoms with Gasteiger partial charge in [0.25, 0.3) is 0 Å². The molecule has 2 saturated heterocycles. The first-order chi connectivity index (χ1) is 21.0. The third-order valence-corrected chi connectivity index (χ3v) is 10.3. The minimum absolute atomic E-state index is 0.0353. The Morgan fingerprint density at radius 1 is 0.841 bits per heavy atom. The standard InChI is InChI=1S/C36H33ClN2O5/c1-35(2,3)39-31(41)26-16-15-25-27(29(26)33(39)43)19-28-32(42)38(23-13-8-12-22(37)18-23)34(44)36(28,21-10-5-4-6-11-21)30(25)20-9-7-14-24(40)17-20/h4-15,17-18,26-30,40H,16,19H2,1-3H3/t26-,27+,28-,29-,30-,36+/m0/s1. The van der Waals surface area contributed by atoms with E-state index in [1.165, 1.54) is 9.80 Å². The second-order valence-corrected chi connectivity index (χ2v) is 13.8. The van der Waals surface area contributed by atoms with Gasteiger partial charge in [-0.2, -0.15) is 0 Å². The summed E-state index contributed by atoms with van der Waals surface area (Å²) in [6.45, 7) is 5.56. The van der Waals surface area contributed by atoms with Gasteiger partial charge in [-0.15, -0.1) is 0 Å². The van der Waals surface area contributed by atoms with E-state index >= 15 is 4.79 Å². The van der Waals surface area contributed by atoms with Crippen LogP contribution in [0, 0.1) is 23.7 Å². The molecule has 1 N–H and O–H groups in total. The molecule has 0 spiro atoms. The molecule has 3 aromatic carbocycles. The van der Waals surface area contributed by atoms with Gasteiger partial charge in [0.2, 0.25) is 23.6 Å². The first kappa shape index (κ1) is 28.5. The van der Waals surface area contributed by atoms with Gasteiger partial charge in [0.1, 0.15) is 5.75 Å². The van der Waals surface area contributed by atoms with E-state index in [0.717, 1.165) is 5.57 Å². The average molecular weight is 609 g/mol. The minimum Gasteiger partial charge on any atom is -0.508 e. The van der Waals surface area contributed by atoms with Crippen molar-refractivity contribution >= 4 is 40.9 Å². The fourth-order valence-corrected chi connectivity index (χ4v) is 8.67. The number of phenols is 1. The van der Waals surface area contributed by atoms with Crippen molar-refractivity contribution < 1.29 is 24.3 Å². The topological polar surface area (TPSA) is 95.0 Å². The number of benzene rings is 3. The first-order valence-electron chi connectivity index (χ1n) is 15.0. The van der Waals surface area contributed by atoms with Gasteiger partial charge in [0.05, 0.1) is 28.9 Å². The molecule has 0 unspecified atom stereocenters. The number of anilines is 1. The molecule has 3 aromatic rings. The van der Waals surface area contributed by atoms with Gasteiger partial charge in [-0.25, -0.2) is 4.90 Å². The van der Waals surface area contributed by atoms with Crippen LogP contribution in [0.3, 0.4) is 0 Å². The number of amides is 4. The van der Waals surface area contributed by atoms with Crippen molar-refractivity contribution in [2.45, 2.75) is 50.5 Å². The molecule has 2 aliphatic carbocycles. The molecule has 7 nitrogen and oxygen atoms in total. The molecule has 0 radical (unpaired) electrons. The molecule has 8 heteroatoms. The smallest absolute Gasteiger partial charge is 0.246 e. The Morgan fingerprint density at radius 2 is 1.57 bits per heavy atom. The number of halogens is 1. The predicted octanol–water partition coefficient (Wildman–Crippen LogP) is 6.01. The lowest BCUT2D eigenvalue weighted by Crippen LogP contribution is -2.53. The number of carbonyl (C=O) groups excluding carboxylic acids is 4. The fraction of sp³-hybridized carbons (Fsp3) is 0.333. The van der Waals surface area contributed by atoms with Crippen LogP contribution in [0.2, 0.25) is 5.02 Å². The van der Waals surface area contributed by atoms with Gasteiger partial charge in [-0.05, 0) is 81.0 Å². The lowest BCUT2D eigenvalue weighted by molar-refractivity contribution is -0.145. The van der Waals surface area contributed by atoms with Crippen LogP contribution in [0.4, 0.5) is 5.69 Å². The van der Waals surface area contributed by atoms with Gasteiger partial charge < -0.3 is 5.11 Å². The lowest BCUT2D eigenvalue weighted by atomic mass is 9.49. The summed E-state index contributed by atoms with van der Waals surface area (Å²) in [6.07, 6.45) is 2.62. The molecule has 2 heterocycles. The van der Waals surface area contributed by atoms with Crippen molar-refractivity contribution in [1.29, 1.82) is 0 Å². The number of hydrogen-bond donors (Lipinski definition) is 1. The monoisotopic (exact) mass is 608 g/mol. The molecule has 6 atom stereocenters. The Bertz CT molecular complexity index is 1760. The third kappa shape index (κ3) is 3.88. The molecule has 0 bridgehead atoms. The number of likely N-dealkylation sites (tertiary alicyclic amines) is 1. The fourth-order valence-electron chi connectivity index (χ4n) is 8.48.